The Bertz CT molecular complexity index is 1210. The maximum absolute atomic E-state index is 14.1. The molecule has 4 rings (SSSR count). The van der Waals surface area contributed by atoms with Crippen molar-refractivity contribution < 1.29 is 13.3 Å². The highest BCUT2D eigenvalue weighted by Crippen LogP contribution is 2.31. The van der Waals surface area contributed by atoms with E-state index in [4.69, 9.17) is 4.52 Å². The SMILES string of the molecule is CCCNCc1ccc(-c2noc(C(Cc3cc(C)cc(C)c3)c3cc(F)cc(F)c3)n2)cc1. The topological polar surface area (TPSA) is 51.0 Å². The average Bonchev–Trinajstić information content (AvgIpc) is 3.27. The summed E-state index contributed by atoms with van der Waals surface area (Å²) in [6.45, 7) is 7.96. The molecule has 0 saturated heterocycles. The minimum atomic E-state index is -0.632. The normalized spacial score (nSPS) is 12.1. The molecule has 0 aliphatic carbocycles. The minimum absolute atomic E-state index is 0.327. The van der Waals surface area contributed by atoms with Gasteiger partial charge in [-0.05, 0) is 62.1 Å². The second-order valence-electron chi connectivity index (χ2n) is 8.79. The summed E-state index contributed by atoms with van der Waals surface area (Å²) in [5.41, 5.74) is 5.74. The van der Waals surface area contributed by atoms with Crippen LogP contribution in [0.5, 0.6) is 0 Å². The molecule has 0 radical (unpaired) electrons. The van der Waals surface area contributed by atoms with Crippen molar-refractivity contribution in [3.8, 4) is 11.4 Å². The summed E-state index contributed by atoms with van der Waals surface area (Å²) in [6, 6.07) is 17.7. The summed E-state index contributed by atoms with van der Waals surface area (Å²) in [7, 11) is 0. The second kappa shape index (κ2) is 10.7. The van der Waals surface area contributed by atoms with Crippen molar-refractivity contribution in [3.63, 3.8) is 0 Å². The van der Waals surface area contributed by atoms with E-state index in [0.717, 1.165) is 47.8 Å². The summed E-state index contributed by atoms with van der Waals surface area (Å²) in [5, 5.41) is 7.55. The van der Waals surface area contributed by atoms with E-state index in [1.165, 1.54) is 17.7 Å². The zero-order chi connectivity index (χ0) is 24.1. The number of hydrogen-bond acceptors (Lipinski definition) is 4. The van der Waals surface area contributed by atoms with E-state index in [9.17, 15) is 8.78 Å². The number of aryl methyl sites for hydroxylation is 2. The predicted molar refractivity (Wildman–Crippen MR) is 130 cm³/mol. The largest absolute Gasteiger partial charge is 0.338 e. The van der Waals surface area contributed by atoms with Gasteiger partial charge in [-0.3, -0.25) is 0 Å². The number of aromatic nitrogens is 2. The number of hydrogen-bond donors (Lipinski definition) is 1. The summed E-state index contributed by atoms with van der Waals surface area (Å²) in [6.07, 6.45) is 1.57. The van der Waals surface area contributed by atoms with Gasteiger partial charge in [-0.2, -0.15) is 4.98 Å². The van der Waals surface area contributed by atoms with Gasteiger partial charge < -0.3 is 9.84 Å². The van der Waals surface area contributed by atoms with Crippen LogP contribution in [-0.2, 0) is 13.0 Å². The Balaban J connectivity index is 1.64. The number of nitrogens with zero attached hydrogens (tertiary/aromatic N) is 2. The first-order valence-electron chi connectivity index (χ1n) is 11.6. The van der Waals surface area contributed by atoms with Gasteiger partial charge in [0, 0.05) is 18.2 Å². The average molecular weight is 462 g/mol. The van der Waals surface area contributed by atoms with Crippen molar-refractivity contribution >= 4 is 0 Å². The molecular formula is C28H29F2N3O. The third kappa shape index (κ3) is 5.94. The first kappa shape index (κ1) is 23.8. The standard InChI is InChI=1S/C28H29F2N3O/c1-4-9-31-17-20-5-7-22(8-6-20)27-32-28(34-33-27)26(23-14-24(29)16-25(30)15-23)13-21-11-18(2)10-19(3)12-21/h5-8,10-12,14-16,26,31H,4,9,13,17H2,1-3H3. The fourth-order valence-electron chi connectivity index (χ4n) is 4.22. The molecule has 1 atom stereocenters. The van der Waals surface area contributed by atoms with Gasteiger partial charge in [-0.25, -0.2) is 8.78 Å². The Morgan fingerprint density at radius 3 is 2.21 bits per heavy atom. The maximum atomic E-state index is 14.1. The molecule has 0 spiro atoms. The van der Waals surface area contributed by atoms with E-state index in [1.54, 1.807) is 0 Å². The monoisotopic (exact) mass is 461 g/mol. The molecule has 1 unspecified atom stereocenters. The van der Waals surface area contributed by atoms with E-state index in [-0.39, 0.29) is 0 Å². The van der Waals surface area contributed by atoms with E-state index >= 15 is 0 Å². The molecule has 34 heavy (non-hydrogen) atoms. The highest BCUT2D eigenvalue weighted by Gasteiger charge is 2.24. The zero-order valence-electron chi connectivity index (χ0n) is 19.7. The van der Waals surface area contributed by atoms with E-state index in [1.807, 2.05) is 38.1 Å². The summed E-state index contributed by atoms with van der Waals surface area (Å²) in [5.74, 6) is -0.969. The molecule has 0 amide bonds. The molecule has 1 aromatic heterocycles. The number of halogens is 2. The van der Waals surface area contributed by atoms with E-state index < -0.39 is 17.6 Å². The Hall–Kier alpha value is -3.38. The van der Waals surface area contributed by atoms with Gasteiger partial charge in [-0.15, -0.1) is 0 Å². The van der Waals surface area contributed by atoms with Gasteiger partial charge in [0.15, 0.2) is 0 Å². The fourth-order valence-corrected chi connectivity index (χ4v) is 4.22. The third-order valence-electron chi connectivity index (χ3n) is 5.72. The van der Waals surface area contributed by atoms with Crippen LogP contribution in [0.2, 0.25) is 0 Å². The van der Waals surface area contributed by atoms with Gasteiger partial charge in [0.2, 0.25) is 11.7 Å². The molecule has 0 aliphatic heterocycles. The van der Waals surface area contributed by atoms with Crippen molar-refractivity contribution in [2.45, 2.75) is 46.1 Å². The minimum Gasteiger partial charge on any atom is -0.338 e. The number of rotatable bonds is 9. The Labute approximate surface area is 199 Å². The first-order chi connectivity index (χ1) is 16.4. The Morgan fingerprint density at radius 2 is 1.56 bits per heavy atom. The molecule has 3 aromatic carbocycles. The van der Waals surface area contributed by atoms with Crippen LogP contribution >= 0.6 is 0 Å². The van der Waals surface area contributed by atoms with Crippen LogP contribution in [0.3, 0.4) is 0 Å². The molecule has 176 valence electrons. The van der Waals surface area contributed by atoms with Gasteiger partial charge >= 0.3 is 0 Å². The van der Waals surface area contributed by atoms with Crippen molar-refractivity contribution in [3.05, 3.63) is 106 Å². The van der Waals surface area contributed by atoms with Gasteiger partial charge in [0.1, 0.15) is 11.6 Å². The van der Waals surface area contributed by atoms with Crippen LogP contribution in [0.1, 0.15) is 53.0 Å². The molecule has 1 heterocycles. The highest BCUT2D eigenvalue weighted by atomic mass is 19.1. The summed E-state index contributed by atoms with van der Waals surface area (Å²) >= 11 is 0. The van der Waals surface area contributed by atoms with Crippen LogP contribution < -0.4 is 5.32 Å². The van der Waals surface area contributed by atoms with Crippen LogP contribution in [0.15, 0.2) is 65.2 Å². The lowest BCUT2D eigenvalue weighted by atomic mass is 9.90. The lowest BCUT2D eigenvalue weighted by molar-refractivity contribution is 0.364. The van der Waals surface area contributed by atoms with E-state index in [2.05, 4.69) is 40.6 Å². The molecule has 1 N–H and O–H groups in total. The smallest absolute Gasteiger partial charge is 0.234 e. The van der Waals surface area contributed by atoms with Crippen molar-refractivity contribution in [1.29, 1.82) is 0 Å². The fraction of sp³-hybridized carbons (Fsp3) is 0.286. The van der Waals surface area contributed by atoms with Crippen molar-refractivity contribution in [2.75, 3.05) is 6.54 Å². The Kier molecular flexibility index (Phi) is 7.48. The van der Waals surface area contributed by atoms with E-state index in [0.29, 0.717) is 23.7 Å². The van der Waals surface area contributed by atoms with Gasteiger partial charge in [0.05, 0.1) is 5.92 Å². The van der Waals surface area contributed by atoms with Gasteiger partial charge in [0.25, 0.3) is 0 Å². The van der Waals surface area contributed by atoms with Crippen LogP contribution in [0.4, 0.5) is 8.78 Å². The highest BCUT2D eigenvalue weighted by molar-refractivity contribution is 5.55. The summed E-state index contributed by atoms with van der Waals surface area (Å²) in [4.78, 5) is 4.62. The molecule has 0 saturated carbocycles. The maximum Gasteiger partial charge on any atom is 0.234 e. The van der Waals surface area contributed by atoms with Crippen LogP contribution in [-0.4, -0.2) is 16.7 Å². The Morgan fingerprint density at radius 1 is 0.882 bits per heavy atom. The van der Waals surface area contributed by atoms with Crippen LogP contribution in [0.25, 0.3) is 11.4 Å². The third-order valence-corrected chi connectivity index (χ3v) is 5.72. The molecule has 0 fully saturated rings. The van der Waals surface area contributed by atoms with Crippen molar-refractivity contribution in [2.24, 2.45) is 0 Å². The lowest BCUT2D eigenvalue weighted by Gasteiger charge is -2.15. The molecular weight excluding hydrogens is 432 g/mol. The number of benzene rings is 3. The van der Waals surface area contributed by atoms with Gasteiger partial charge in [-0.1, -0.05) is 65.7 Å². The van der Waals surface area contributed by atoms with Crippen LogP contribution in [0, 0.1) is 25.5 Å². The number of nitrogens with one attached hydrogen (secondary N) is 1. The zero-order valence-corrected chi connectivity index (χ0v) is 19.7. The second-order valence-corrected chi connectivity index (χ2v) is 8.79. The predicted octanol–water partition coefficient (Wildman–Crippen LogP) is 6.51. The molecule has 6 heteroatoms. The molecule has 4 aromatic rings. The van der Waals surface area contributed by atoms with Crippen molar-refractivity contribution in [1.82, 2.24) is 15.5 Å². The molecule has 0 bridgehead atoms. The lowest BCUT2D eigenvalue weighted by Crippen LogP contribution is -2.13. The molecule has 0 aliphatic rings. The molecule has 4 nitrogen and oxygen atoms in total. The first-order valence-corrected chi connectivity index (χ1v) is 11.6. The summed E-state index contributed by atoms with van der Waals surface area (Å²) < 4.78 is 33.8. The quantitative estimate of drug-likeness (QED) is 0.289.